The number of Topliss-reactive ketones (excluding diaryl/α,β-unsaturated/α-hetero) is 1. The van der Waals surface area contributed by atoms with Gasteiger partial charge in [0.2, 0.25) is 0 Å². The predicted octanol–water partition coefficient (Wildman–Crippen LogP) is 3.48. The molecule has 1 N–H and O–H groups in total. The molecule has 0 aliphatic rings. The number of halogens is 1. The second kappa shape index (κ2) is 6.10. The van der Waals surface area contributed by atoms with E-state index in [0.717, 1.165) is 15.2 Å². The third-order valence-electron chi connectivity index (χ3n) is 2.31. The minimum atomic E-state index is 0.136. The lowest BCUT2D eigenvalue weighted by molar-refractivity contribution is 0.0994. The SMILES string of the molecule is O=C(CNCc1ccccc1)c1ccc(Br)s1. The Morgan fingerprint density at radius 3 is 2.59 bits per heavy atom. The number of hydrogen-bond acceptors (Lipinski definition) is 3. The van der Waals surface area contributed by atoms with Crippen molar-refractivity contribution in [3.8, 4) is 0 Å². The van der Waals surface area contributed by atoms with Gasteiger partial charge < -0.3 is 5.32 Å². The van der Waals surface area contributed by atoms with Crippen molar-refractivity contribution in [3.63, 3.8) is 0 Å². The smallest absolute Gasteiger partial charge is 0.186 e. The molecule has 1 aromatic heterocycles. The van der Waals surface area contributed by atoms with Crippen LogP contribution in [-0.4, -0.2) is 12.3 Å². The average molecular weight is 310 g/mol. The fourth-order valence-electron chi connectivity index (χ4n) is 1.47. The molecule has 1 heterocycles. The van der Waals surface area contributed by atoms with E-state index < -0.39 is 0 Å². The highest BCUT2D eigenvalue weighted by Gasteiger charge is 2.07. The molecular formula is C13H12BrNOS. The minimum Gasteiger partial charge on any atom is -0.306 e. The normalized spacial score (nSPS) is 10.4. The van der Waals surface area contributed by atoms with Gasteiger partial charge in [0.25, 0.3) is 0 Å². The maximum absolute atomic E-state index is 11.8. The molecule has 0 aliphatic heterocycles. The van der Waals surface area contributed by atoms with Crippen LogP contribution in [0.4, 0.5) is 0 Å². The fourth-order valence-corrected chi connectivity index (χ4v) is 2.79. The average Bonchev–Trinajstić information content (AvgIpc) is 2.77. The number of ketones is 1. The Bertz CT molecular complexity index is 495. The van der Waals surface area contributed by atoms with Crippen LogP contribution in [0.3, 0.4) is 0 Å². The summed E-state index contributed by atoms with van der Waals surface area (Å²) in [7, 11) is 0. The summed E-state index contributed by atoms with van der Waals surface area (Å²) in [5.41, 5.74) is 1.19. The van der Waals surface area contributed by atoms with E-state index in [2.05, 4.69) is 21.2 Å². The van der Waals surface area contributed by atoms with E-state index in [0.29, 0.717) is 6.54 Å². The highest BCUT2D eigenvalue weighted by molar-refractivity contribution is 9.11. The standard InChI is InChI=1S/C13H12BrNOS/c14-13-7-6-12(17-13)11(16)9-15-8-10-4-2-1-3-5-10/h1-7,15H,8-9H2. The number of thiophene rings is 1. The van der Waals surface area contributed by atoms with E-state index in [1.54, 1.807) is 0 Å². The van der Waals surface area contributed by atoms with E-state index in [1.807, 2.05) is 42.5 Å². The molecular weight excluding hydrogens is 298 g/mol. The van der Waals surface area contributed by atoms with Crippen molar-refractivity contribution in [1.82, 2.24) is 5.32 Å². The molecule has 2 aromatic rings. The number of hydrogen-bond donors (Lipinski definition) is 1. The lowest BCUT2D eigenvalue weighted by Gasteiger charge is -2.02. The Balaban J connectivity index is 1.81. The Morgan fingerprint density at radius 1 is 1.18 bits per heavy atom. The van der Waals surface area contributed by atoms with Crippen molar-refractivity contribution in [2.45, 2.75) is 6.54 Å². The van der Waals surface area contributed by atoms with Crippen molar-refractivity contribution in [2.75, 3.05) is 6.54 Å². The van der Waals surface area contributed by atoms with Gasteiger partial charge >= 0.3 is 0 Å². The van der Waals surface area contributed by atoms with Crippen LogP contribution < -0.4 is 5.32 Å². The Hall–Kier alpha value is -0.970. The third-order valence-corrected chi connectivity index (χ3v) is 3.97. The predicted molar refractivity (Wildman–Crippen MR) is 74.5 cm³/mol. The summed E-state index contributed by atoms with van der Waals surface area (Å²) in [4.78, 5) is 12.6. The molecule has 88 valence electrons. The molecule has 0 spiro atoms. The summed E-state index contributed by atoms with van der Waals surface area (Å²) in [6.45, 7) is 1.10. The van der Waals surface area contributed by atoms with Gasteiger partial charge in [0.05, 0.1) is 15.2 Å². The van der Waals surface area contributed by atoms with Crippen molar-refractivity contribution in [2.24, 2.45) is 0 Å². The van der Waals surface area contributed by atoms with Gasteiger partial charge in [-0.15, -0.1) is 11.3 Å². The van der Waals surface area contributed by atoms with Crippen LogP contribution in [0.1, 0.15) is 15.2 Å². The maximum Gasteiger partial charge on any atom is 0.186 e. The summed E-state index contributed by atoms with van der Waals surface area (Å²) < 4.78 is 0.990. The van der Waals surface area contributed by atoms with Crippen molar-refractivity contribution < 1.29 is 4.79 Å². The summed E-state index contributed by atoms with van der Waals surface area (Å²) in [5, 5.41) is 3.15. The summed E-state index contributed by atoms with van der Waals surface area (Å²) in [6.07, 6.45) is 0. The lowest BCUT2D eigenvalue weighted by Crippen LogP contribution is -2.21. The zero-order chi connectivity index (χ0) is 12.1. The summed E-state index contributed by atoms with van der Waals surface area (Å²) in [5.74, 6) is 0.136. The third kappa shape index (κ3) is 3.77. The Morgan fingerprint density at radius 2 is 1.94 bits per heavy atom. The van der Waals surface area contributed by atoms with Gasteiger partial charge in [-0.1, -0.05) is 30.3 Å². The second-order valence-corrected chi connectivity index (χ2v) is 6.08. The first-order chi connectivity index (χ1) is 8.25. The highest BCUT2D eigenvalue weighted by Crippen LogP contribution is 2.22. The summed E-state index contributed by atoms with van der Waals surface area (Å²) in [6, 6.07) is 13.8. The van der Waals surface area contributed by atoms with Crippen LogP contribution >= 0.6 is 27.3 Å². The number of benzene rings is 1. The van der Waals surface area contributed by atoms with Crippen molar-refractivity contribution in [3.05, 3.63) is 56.7 Å². The molecule has 0 radical (unpaired) electrons. The monoisotopic (exact) mass is 309 g/mol. The highest BCUT2D eigenvalue weighted by atomic mass is 79.9. The zero-order valence-electron chi connectivity index (χ0n) is 9.15. The van der Waals surface area contributed by atoms with Gasteiger partial charge in [-0.05, 0) is 33.6 Å². The number of carbonyl (C=O) groups excluding carboxylic acids is 1. The quantitative estimate of drug-likeness (QED) is 0.857. The Kier molecular flexibility index (Phi) is 4.48. The lowest BCUT2D eigenvalue weighted by atomic mass is 10.2. The second-order valence-electron chi connectivity index (χ2n) is 3.62. The fraction of sp³-hybridized carbons (Fsp3) is 0.154. The molecule has 0 fully saturated rings. The molecule has 0 saturated heterocycles. The molecule has 0 aliphatic carbocycles. The van der Waals surface area contributed by atoms with Gasteiger partial charge in [0.15, 0.2) is 5.78 Å². The topological polar surface area (TPSA) is 29.1 Å². The first kappa shape index (κ1) is 12.5. The van der Waals surface area contributed by atoms with Gasteiger partial charge in [-0.25, -0.2) is 0 Å². The van der Waals surface area contributed by atoms with E-state index in [1.165, 1.54) is 16.9 Å². The number of rotatable bonds is 5. The van der Waals surface area contributed by atoms with E-state index in [9.17, 15) is 4.79 Å². The molecule has 2 rings (SSSR count). The van der Waals surface area contributed by atoms with E-state index >= 15 is 0 Å². The molecule has 0 bridgehead atoms. The minimum absolute atomic E-state index is 0.136. The van der Waals surface area contributed by atoms with Crippen LogP contribution in [0, 0.1) is 0 Å². The molecule has 0 unspecified atom stereocenters. The molecule has 4 heteroatoms. The van der Waals surface area contributed by atoms with E-state index in [-0.39, 0.29) is 5.78 Å². The molecule has 0 amide bonds. The van der Waals surface area contributed by atoms with Crippen molar-refractivity contribution >= 4 is 33.0 Å². The molecule has 2 nitrogen and oxygen atoms in total. The molecule has 0 saturated carbocycles. The van der Waals surface area contributed by atoms with Gasteiger partial charge in [0.1, 0.15) is 0 Å². The van der Waals surface area contributed by atoms with Crippen LogP contribution in [0.2, 0.25) is 0 Å². The first-order valence-electron chi connectivity index (χ1n) is 5.29. The van der Waals surface area contributed by atoms with Gasteiger partial charge in [-0.3, -0.25) is 4.79 Å². The summed E-state index contributed by atoms with van der Waals surface area (Å²) >= 11 is 4.82. The first-order valence-corrected chi connectivity index (χ1v) is 6.90. The van der Waals surface area contributed by atoms with Crippen LogP contribution in [0.5, 0.6) is 0 Å². The maximum atomic E-state index is 11.8. The molecule has 17 heavy (non-hydrogen) atoms. The van der Waals surface area contributed by atoms with E-state index in [4.69, 9.17) is 0 Å². The Labute approximate surface area is 113 Å². The van der Waals surface area contributed by atoms with Crippen LogP contribution in [-0.2, 0) is 6.54 Å². The zero-order valence-corrected chi connectivity index (χ0v) is 11.6. The largest absolute Gasteiger partial charge is 0.306 e. The van der Waals surface area contributed by atoms with Gasteiger partial charge in [0, 0.05) is 6.54 Å². The van der Waals surface area contributed by atoms with Crippen LogP contribution in [0.25, 0.3) is 0 Å². The van der Waals surface area contributed by atoms with Crippen LogP contribution in [0.15, 0.2) is 46.3 Å². The van der Waals surface area contributed by atoms with Gasteiger partial charge in [-0.2, -0.15) is 0 Å². The van der Waals surface area contributed by atoms with Crippen molar-refractivity contribution in [1.29, 1.82) is 0 Å². The molecule has 1 aromatic carbocycles. The molecule has 0 atom stereocenters. The number of nitrogens with one attached hydrogen (secondary N) is 1. The number of carbonyl (C=O) groups is 1.